The highest BCUT2D eigenvalue weighted by molar-refractivity contribution is 6.43. The number of nitrogens with zero attached hydrogens (tertiary/aromatic N) is 4. The molecule has 0 radical (unpaired) electrons. The normalized spacial score (nSPS) is 18.1. The van der Waals surface area contributed by atoms with Crippen LogP contribution in [0.25, 0.3) is 0 Å². The van der Waals surface area contributed by atoms with Crippen LogP contribution in [0, 0.1) is 10.1 Å². The van der Waals surface area contributed by atoms with Crippen LogP contribution in [0.4, 0.5) is 0 Å². The number of rotatable bonds is 6. The van der Waals surface area contributed by atoms with Crippen LogP contribution < -0.4 is 0 Å². The fraction of sp³-hybridized carbons (Fsp3) is 0.615. The first-order valence-corrected chi connectivity index (χ1v) is 6.99. The first kappa shape index (κ1) is 17.6. The minimum Gasteiger partial charge on any atom is -0.410 e. The Balaban J connectivity index is 2.85. The fourth-order valence-corrected chi connectivity index (χ4v) is 2.15. The van der Waals surface area contributed by atoms with Crippen LogP contribution in [0.2, 0.25) is 0 Å². The van der Waals surface area contributed by atoms with Crippen molar-refractivity contribution in [3.8, 4) is 0 Å². The molecule has 1 atom stereocenters. The van der Waals surface area contributed by atoms with Gasteiger partial charge in [-0.05, 0) is 12.5 Å². The van der Waals surface area contributed by atoms with Crippen LogP contribution in [0.3, 0.4) is 0 Å². The van der Waals surface area contributed by atoms with Crippen molar-refractivity contribution in [2.75, 3.05) is 26.2 Å². The van der Waals surface area contributed by atoms with Crippen LogP contribution >= 0.6 is 0 Å². The smallest absolute Gasteiger partial charge is 0.276 e. The monoisotopic (exact) mass is 312 g/mol. The van der Waals surface area contributed by atoms with Gasteiger partial charge in [-0.15, -0.1) is 0 Å². The molecule has 0 saturated carbocycles. The van der Waals surface area contributed by atoms with Gasteiger partial charge in [0.1, 0.15) is 0 Å². The lowest BCUT2D eigenvalue weighted by atomic mass is 10.0. The van der Waals surface area contributed by atoms with Gasteiger partial charge in [0, 0.05) is 43.6 Å². The maximum absolute atomic E-state index is 12.3. The average Bonchev–Trinajstić information content (AvgIpc) is 2.55. The molecule has 9 nitrogen and oxygen atoms in total. The molecule has 1 saturated heterocycles. The highest BCUT2D eigenvalue weighted by Gasteiger charge is 2.25. The number of piperazine rings is 1. The quantitative estimate of drug-likeness (QED) is 0.246. The van der Waals surface area contributed by atoms with Crippen LogP contribution in [0.5, 0.6) is 0 Å². The first-order valence-electron chi connectivity index (χ1n) is 6.99. The second-order valence-electron chi connectivity index (χ2n) is 4.95. The van der Waals surface area contributed by atoms with E-state index in [9.17, 15) is 19.7 Å². The Morgan fingerprint density at radius 3 is 2.41 bits per heavy atom. The Hall–Kier alpha value is -2.45. The van der Waals surface area contributed by atoms with Gasteiger partial charge in [-0.25, -0.2) is 0 Å². The van der Waals surface area contributed by atoms with E-state index in [0.29, 0.717) is 38.2 Å². The van der Waals surface area contributed by atoms with Crippen LogP contribution in [0.1, 0.15) is 20.3 Å². The summed E-state index contributed by atoms with van der Waals surface area (Å²) in [5.41, 5.74) is 0.169. The topological polar surface area (TPSA) is 116 Å². The van der Waals surface area contributed by atoms with E-state index in [-0.39, 0.29) is 5.71 Å². The Morgan fingerprint density at radius 1 is 1.41 bits per heavy atom. The molecule has 1 aliphatic rings. The van der Waals surface area contributed by atoms with Gasteiger partial charge < -0.3 is 15.0 Å². The fourth-order valence-electron chi connectivity index (χ4n) is 2.15. The second-order valence-corrected chi connectivity index (χ2v) is 4.95. The number of hydrogen-bond acceptors (Lipinski definition) is 6. The van der Waals surface area contributed by atoms with E-state index in [0.717, 1.165) is 6.41 Å². The molecule has 1 heterocycles. The molecule has 1 unspecified atom stereocenters. The maximum atomic E-state index is 12.3. The molecule has 0 aromatic heterocycles. The summed E-state index contributed by atoms with van der Waals surface area (Å²) >= 11 is 0. The SMILES string of the molecule is CC/C(=C\C(=N/O)C(=O)N1CCN(C=O)CC1)C(C)[N+](=O)[O-]. The van der Waals surface area contributed by atoms with E-state index in [1.165, 1.54) is 17.9 Å². The summed E-state index contributed by atoms with van der Waals surface area (Å²) in [6.07, 6.45) is 2.35. The van der Waals surface area contributed by atoms with Crippen molar-refractivity contribution in [1.29, 1.82) is 0 Å². The van der Waals surface area contributed by atoms with E-state index in [1.54, 1.807) is 11.8 Å². The molecule has 9 heteroatoms. The van der Waals surface area contributed by atoms with Crippen molar-refractivity contribution in [3.63, 3.8) is 0 Å². The lowest BCUT2D eigenvalue weighted by Crippen LogP contribution is -2.50. The largest absolute Gasteiger partial charge is 0.410 e. The Kier molecular flexibility index (Phi) is 6.48. The highest BCUT2D eigenvalue weighted by atomic mass is 16.6. The van der Waals surface area contributed by atoms with Gasteiger partial charge in [-0.3, -0.25) is 19.7 Å². The van der Waals surface area contributed by atoms with Crippen LogP contribution in [-0.4, -0.2) is 70.2 Å². The van der Waals surface area contributed by atoms with Gasteiger partial charge in [0.25, 0.3) is 5.91 Å². The first-order chi connectivity index (χ1) is 10.4. The van der Waals surface area contributed by atoms with Crippen molar-refractivity contribution >= 4 is 18.0 Å². The molecule has 22 heavy (non-hydrogen) atoms. The van der Waals surface area contributed by atoms with E-state index >= 15 is 0 Å². The number of amides is 2. The van der Waals surface area contributed by atoms with Crippen molar-refractivity contribution in [2.45, 2.75) is 26.3 Å². The number of carbonyl (C=O) groups is 2. The third-order valence-corrected chi connectivity index (χ3v) is 3.66. The second kappa shape index (κ2) is 8.11. The zero-order chi connectivity index (χ0) is 16.7. The lowest BCUT2D eigenvalue weighted by Gasteiger charge is -2.32. The van der Waals surface area contributed by atoms with Crippen molar-refractivity contribution in [3.05, 3.63) is 21.8 Å². The Bertz CT molecular complexity index is 495. The van der Waals surface area contributed by atoms with Gasteiger partial charge in [0.15, 0.2) is 5.71 Å². The zero-order valence-electron chi connectivity index (χ0n) is 12.6. The number of carbonyl (C=O) groups excluding carboxylic acids is 2. The number of hydrogen-bond donors (Lipinski definition) is 1. The van der Waals surface area contributed by atoms with Crippen molar-refractivity contribution in [1.82, 2.24) is 9.80 Å². The Labute approximate surface area is 128 Å². The zero-order valence-corrected chi connectivity index (χ0v) is 12.6. The van der Waals surface area contributed by atoms with Crippen molar-refractivity contribution < 1.29 is 19.7 Å². The summed E-state index contributed by atoms with van der Waals surface area (Å²) in [5, 5.41) is 22.9. The lowest BCUT2D eigenvalue weighted by molar-refractivity contribution is -0.507. The molecule has 0 aromatic rings. The van der Waals surface area contributed by atoms with Crippen LogP contribution in [-0.2, 0) is 9.59 Å². The third-order valence-electron chi connectivity index (χ3n) is 3.66. The van der Waals surface area contributed by atoms with Gasteiger partial charge in [0.05, 0.1) is 0 Å². The predicted molar refractivity (Wildman–Crippen MR) is 78.3 cm³/mol. The minimum absolute atomic E-state index is 0.231. The molecule has 0 aliphatic carbocycles. The van der Waals surface area contributed by atoms with E-state index < -0.39 is 16.9 Å². The molecule has 1 rings (SSSR count). The Morgan fingerprint density at radius 2 is 2.00 bits per heavy atom. The van der Waals surface area contributed by atoms with Gasteiger partial charge >= 0.3 is 0 Å². The van der Waals surface area contributed by atoms with Crippen molar-refractivity contribution in [2.24, 2.45) is 5.16 Å². The molecule has 1 N–H and O–H groups in total. The predicted octanol–water partition coefficient (Wildman–Crippen LogP) is 0.119. The van der Waals surface area contributed by atoms with E-state index in [4.69, 9.17) is 5.21 Å². The van der Waals surface area contributed by atoms with Gasteiger partial charge in [0.2, 0.25) is 12.5 Å². The number of nitro groups is 1. The summed E-state index contributed by atoms with van der Waals surface area (Å²) in [7, 11) is 0. The molecule has 0 bridgehead atoms. The summed E-state index contributed by atoms with van der Waals surface area (Å²) < 4.78 is 0. The molecule has 0 spiro atoms. The highest BCUT2D eigenvalue weighted by Crippen LogP contribution is 2.11. The molecular formula is C13H20N4O5. The molecule has 2 amide bonds. The molecule has 0 aromatic carbocycles. The third kappa shape index (κ3) is 4.27. The number of oxime groups is 1. The summed E-state index contributed by atoms with van der Waals surface area (Å²) in [5.74, 6) is -0.505. The van der Waals surface area contributed by atoms with Gasteiger partial charge in [-0.1, -0.05) is 12.1 Å². The average molecular weight is 312 g/mol. The van der Waals surface area contributed by atoms with E-state index in [2.05, 4.69) is 5.16 Å². The molecular weight excluding hydrogens is 292 g/mol. The maximum Gasteiger partial charge on any atom is 0.276 e. The van der Waals surface area contributed by atoms with Crippen LogP contribution in [0.15, 0.2) is 16.8 Å². The van der Waals surface area contributed by atoms with E-state index in [1.807, 2.05) is 0 Å². The summed E-state index contributed by atoms with van der Waals surface area (Å²) in [6.45, 7) is 4.62. The van der Waals surface area contributed by atoms with Gasteiger partial charge in [-0.2, -0.15) is 0 Å². The minimum atomic E-state index is -0.957. The standard InChI is InChI=1S/C13H20N4O5/c1-3-11(10(2)17(21)22)8-12(14-20)13(19)16-6-4-15(9-18)5-7-16/h8-10,20H,3-7H2,1-2H3/b11-8+,14-12+. The molecule has 1 fully saturated rings. The molecule has 1 aliphatic heterocycles. The molecule has 122 valence electrons. The summed E-state index contributed by atoms with van der Waals surface area (Å²) in [4.78, 5) is 36.3. The summed E-state index contributed by atoms with van der Waals surface area (Å²) in [6, 6.07) is -0.957.